The zero-order valence-corrected chi connectivity index (χ0v) is 15.5. The van der Waals surface area contributed by atoms with Crippen molar-refractivity contribution < 1.29 is 13.9 Å². The van der Waals surface area contributed by atoms with Crippen LogP contribution in [-0.4, -0.2) is 50.2 Å². The standard InChI is InChI=1S/C20H31FN2O2/c1-3-16(4-2)19(17-5-7-18(21)8-6-17)15-20(24)22-9-10-23-11-13-25-14-12-23/h5-8,16,19H,3-4,9-15H2,1-2H3,(H,22,24). The molecule has 1 aromatic carbocycles. The van der Waals surface area contributed by atoms with Gasteiger partial charge < -0.3 is 10.1 Å². The molecule has 1 N–H and O–H groups in total. The average molecular weight is 350 g/mol. The zero-order valence-electron chi connectivity index (χ0n) is 15.5. The molecule has 1 saturated heterocycles. The lowest BCUT2D eigenvalue weighted by atomic mass is 9.80. The molecule has 0 saturated carbocycles. The molecule has 1 fully saturated rings. The molecule has 25 heavy (non-hydrogen) atoms. The molecule has 1 heterocycles. The summed E-state index contributed by atoms with van der Waals surface area (Å²) in [7, 11) is 0. The molecule has 1 aromatic rings. The summed E-state index contributed by atoms with van der Waals surface area (Å²) >= 11 is 0. The van der Waals surface area contributed by atoms with Crippen molar-refractivity contribution in [3.8, 4) is 0 Å². The Balaban J connectivity index is 1.88. The van der Waals surface area contributed by atoms with E-state index in [0.29, 0.717) is 18.9 Å². The minimum atomic E-state index is -0.234. The highest BCUT2D eigenvalue weighted by Gasteiger charge is 2.23. The van der Waals surface area contributed by atoms with E-state index in [1.54, 1.807) is 0 Å². The maximum Gasteiger partial charge on any atom is 0.220 e. The molecule has 1 aliphatic rings. The Hall–Kier alpha value is -1.46. The number of benzene rings is 1. The zero-order chi connectivity index (χ0) is 18.1. The summed E-state index contributed by atoms with van der Waals surface area (Å²) < 4.78 is 18.6. The molecule has 4 nitrogen and oxygen atoms in total. The van der Waals surface area contributed by atoms with Gasteiger partial charge in [0.15, 0.2) is 0 Å². The van der Waals surface area contributed by atoms with E-state index in [4.69, 9.17) is 4.74 Å². The van der Waals surface area contributed by atoms with E-state index in [9.17, 15) is 9.18 Å². The number of hydrogen-bond acceptors (Lipinski definition) is 3. The second-order valence-electron chi connectivity index (χ2n) is 6.74. The van der Waals surface area contributed by atoms with Gasteiger partial charge in [0, 0.05) is 32.6 Å². The Morgan fingerprint density at radius 3 is 2.44 bits per heavy atom. The van der Waals surface area contributed by atoms with Crippen LogP contribution in [0.3, 0.4) is 0 Å². The van der Waals surface area contributed by atoms with Crippen LogP contribution >= 0.6 is 0 Å². The molecule has 1 aliphatic heterocycles. The summed E-state index contributed by atoms with van der Waals surface area (Å²) in [5, 5.41) is 3.05. The third-order valence-electron chi connectivity index (χ3n) is 5.18. The van der Waals surface area contributed by atoms with Crippen LogP contribution in [0.5, 0.6) is 0 Å². The van der Waals surface area contributed by atoms with Crippen molar-refractivity contribution in [3.63, 3.8) is 0 Å². The molecule has 0 aliphatic carbocycles. The van der Waals surface area contributed by atoms with Crippen molar-refractivity contribution in [2.24, 2.45) is 5.92 Å². The number of nitrogens with one attached hydrogen (secondary N) is 1. The summed E-state index contributed by atoms with van der Waals surface area (Å²) in [4.78, 5) is 14.8. The maximum absolute atomic E-state index is 13.2. The first-order valence-electron chi connectivity index (χ1n) is 9.46. The topological polar surface area (TPSA) is 41.6 Å². The van der Waals surface area contributed by atoms with Crippen LogP contribution in [0, 0.1) is 11.7 Å². The number of carbonyl (C=O) groups excluding carboxylic acids is 1. The maximum atomic E-state index is 13.2. The Kier molecular flexibility index (Phi) is 8.35. The van der Waals surface area contributed by atoms with E-state index in [1.807, 2.05) is 12.1 Å². The SMILES string of the molecule is CCC(CC)C(CC(=O)NCCN1CCOCC1)c1ccc(F)cc1. The lowest BCUT2D eigenvalue weighted by Gasteiger charge is -2.27. The van der Waals surface area contributed by atoms with Crippen LogP contribution in [0.15, 0.2) is 24.3 Å². The molecular formula is C20H31FN2O2. The van der Waals surface area contributed by atoms with Gasteiger partial charge in [0.1, 0.15) is 5.82 Å². The molecule has 140 valence electrons. The molecule has 1 atom stereocenters. The van der Waals surface area contributed by atoms with Gasteiger partial charge in [0.05, 0.1) is 13.2 Å². The fraction of sp³-hybridized carbons (Fsp3) is 0.650. The Morgan fingerprint density at radius 2 is 1.84 bits per heavy atom. The number of rotatable bonds is 9. The fourth-order valence-corrected chi connectivity index (χ4v) is 3.57. The highest BCUT2D eigenvalue weighted by Crippen LogP contribution is 2.32. The predicted octanol–water partition coefficient (Wildman–Crippen LogP) is 3.18. The Morgan fingerprint density at radius 1 is 1.20 bits per heavy atom. The number of amides is 1. The first-order valence-corrected chi connectivity index (χ1v) is 9.46. The number of ether oxygens (including phenoxy) is 1. The number of carbonyl (C=O) groups is 1. The van der Waals surface area contributed by atoms with Gasteiger partial charge in [-0.25, -0.2) is 4.39 Å². The minimum Gasteiger partial charge on any atom is -0.379 e. The molecular weight excluding hydrogens is 319 g/mol. The molecule has 1 amide bonds. The third-order valence-corrected chi connectivity index (χ3v) is 5.18. The van der Waals surface area contributed by atoms with Crippen LogP contribution < -0.4 is 5.32 Å². The van der Waals surface area contributed by atoms with Gasteiger partial charge in [-0.15, -0.1) is 0 Å². The van der Waals surface area contributed by atoms with Gasteiger partial charge in [0.25, 0.3) is 0 Å². The lowest BCUT2D eigenvalue weighted by Crippen LogP contribution is -2.41. The monoisotopic (exact) mass is 350 g/mol. The normalized spacial score (nSPS) is 16.8. The summed E-state index contributed by atoms with van der Waals surface area (Å²) in [6, 6.07) is 6.61. The smallest absolute Gasteiger partial charge is 0.220 e. The van der Waals surface area contributed by atoms with E-state index in [1.165, 1.54) is 12.1 Å². The van der Waals surface area contributed by atoms with Gasteiger partial charge in [-0.2, -0.15) is 0 Å². The number of hydrogen-bond donors (Lipinski definition) is 1. The van der Waals surface area contributed by atoms with Gasteiger partial charge in [-0.3, -0.25) is 9.69 Å². The van der Waals surface area contributed by atoms with Crippen LogP contribution in [0.1, 0.15) is 44.6 Å². The highest BCUT2D eigenvalue weighted by molar-refractivity contribution is 5.76. The molecule has 2 rings (SSSR count). The summed E-state index contributed by atoms with van der Waals surface area (Å²) in [6.45, 7) is 9.25. The minimum absolute atomic E-state index is 0.0782. The molecule has 5 heteroatoms. The third kappa shape index (κ3) is 6.40. The first kappa shape index (κ1) is 19.9. The van der Waals surface area contributed by atoms with Crippen molar-refractivity contribution in [2.45, 2.75) is 39.0 Å². The molecule has 1 unspecified atom stereocenters. The first-order chi connectivity index (χ1) is 12.1. The van der Waals surface area contributed by atoms with Crippen LogP contribution in [0.4, 0.5) is 4.39 Å². The molecule has 0 radical (unpaired) electrons. The van der Waals surface area contributed by atoms with Crippen molar-refractivity contribution in [1.82, 2.24) is 10.2 Å². The van der Waals surface area contributed by atoms with E-state index in [-0.39, 0.29) is 17.6 Å². The number of morpholine rings is 1. The van der Waals surface area contributed by atoms with E-state index in [0.717, 1.165) is 51.3 Å². The van der Waals surface area contributed by atoms with E-state index in [2.05, 4.69) is 24.1 Å². The van der Waals surface area contributed by atoms with Crippen LogP contribution in [0.2, 0.25) is 0 Å². The van der Waals surface area contributed by atoms with E-state index < -0.39 is 0 Å². The Bertz CT molecular complexity index is 511. The summed E-state index contributed by atoms with van der Waals surface area (Å²) in [5.41, 5.74) is 1.05. The second-order valence-corrected chi connectivity index (χ2v) is 6.74. The van der Waals surface area contributed by atoms with Gasteiger partial charge in [-0.05, 0) is 29.5 Å². The van der Waals surface area contributed by atoms with Gasteiger partial charge in [-0.1, -0.05) is 38.8 Å². The molecule has 0 aromatic heterocycles. The van der Waals surface area contributed by atoms with E-state index >= 15 is 0 Å². The molecule has 0 bridgehead atoms. The van der Waals surface area contributed by atoms with Crippen LogP contribution in [0.25, 0.3) is 0 Å². The highest BCUT2D eigenvalue weighted by atomic mass is 19.1. The summed E-state index contributed by atoms with van der Waals surface area (Å²) in [5.74, 6) is 0.408. The number of nitrogens with zero attached hydrogens (tertiary/aromatic N) is 1. The van der Waals surface area contributed by atoms with Crippen LogP contribution in [-0.2, 0) is 9.53 Å². The van der Waals surface area contributed by atoms with Crippen molar-refractivity contribution in [1.29, 1.82) is 0 Å². The fourth-order valence-electron chi connectivity index (χ4n) is 3.57. The largest absolute Gasteiger partial charge is 0.379 e. The van der Waals surface area contributed by atoms with Crippen molar-refractivity contribution in [3.05, 3.63) is 35.6 Å². The summed E-state index contributed by atoms with van der Waals surface area (Å²) in [6.07, 6.45) is 2.49. The van der Waals surface area contributed by atoms with Crippen molar-refractivity contribution in [2.75, 3.05) is 39.4 Å². The quantitative estimate of drug-likeness (QED) is 0.744. The van der Waals surface area contributed by atoms with Crippen molar-refractivity contribution >= 4 is 5.91 Å². The molecule has 0 spiro atoms. The second kappa shape index (κ2) is 10.5. The van der Waals surface area contributed by atoms with Gasteiger partial charge in [0.2, 0.25) is 5.91 Å². The Labute approximate surface area is 150 Å². The average Bonchev–Trinajstić information content (AvgIpc) is 2.63. The van der Waals surface area contributed by atoms with Gasteiger partial charge >= 0.3 is 0 Å². The number of halogens is 1. The lowest BCUT2D eigenvalue weighted by molar-refractivity contribution is -0.121. The predicted molar refractivity (Wildman–Crippen MR) is 98.1 cm³/mol.